The van der Waals surface area contributed by atoms with E-state index in [0.717, 1.165) is 24.0 Å². The van der Waals surface area contributed by atoms with Gasteiger partial charge in [0.25, 0.3) is 0 Å². The number of rotatable bonds is 6. The predicted molar refractivity (Wildman–Crippen MR) is 98.8 cm³/mol. The third kappa shape index (κ3) is 5.28. The minimum atomic E-state index is -3.29. The van der Waals surface area contributed by atoms with E-state index >= 15 is 0 Å². The Morgan fingerprint density at radius 3 is 2.59 bits per heavy atom. The van der Waals surface area contributed by atoms with Crippen LogP contribution in [0.2, 0.25) is 0 Å². The van der Waals surface area contributed by atoms with Gasteiger partial charge in [0, 0.05) is 29.9 Å². The predicted octanol–water partition coefficient (Wildman–Crippen LogP) is 3.21. The number of benzene rings is 2. The van der Waals surface area contributed by atoms with E-state index in [-0.39, 0.29) is 12.1 Å². The van der Waals surface area contributed by atoms with Crippen molar-refractivity contribution in [2.75, 3.05) is 11.6 Å². The summed E-state index contributed by atoms with van der Waals surface area (Å²) in [5, 5.41) is 3.06. The molecule has 3 aromatic rings. The molecule has 0 saturated heterocycles. The fourth-order valence-corrected chi connectivity index (χ4v) is 2.82. The van der Waals surface area contributed by atoms with Crippen LogP contribution in [0.3, 0.4) is 0 Å². The third-order valence-corrected chi connectivity index (χ3v) is 4.28. The molecule has 1 aromatic heterocycles. The normalized spacial score (nSPS) is 11.4. The molecule has 0 atom stereocenters. The molecule has 2 aromatic carbocycles. The van der Waals surface area contributed by atoms with Crippen molar-refractivity contribution in [2.45, 2.75) is 6.54 Å². The lowest BCUT2D eigenvalue weighted by molar-refractivity contribution is 0.585. The van der Waals surface area contributed by atoms with Gasteiger partial charge in [0.2, 0.25) is 10.0 Å². The Morgan fingerprint density at radius 2 is 1.85 bits per heavy atom. The second-order valence-electron chi connectivity index (χ2n) is 5.83. The van der Waals surface area contributed by atoms with E-state index in [9.17, 15) is 17.2 Å². The summed E-state index contributed by atoms with van der Waals surface area (Å²) in [7, 11) is -3.29. The van der Waals surface area contributed by atoms with Crippen LogP contribution in [-0.4, -0.2) is 24.6 Å². The van der Waals surface area contributed by atoms with Crippen LogP contribution in [0.4, 0.5) is 20.3 Å². The van der Waals surface area contributed by atoms with Crippen LogP contribution in [0.1, 0.15) is 5.56 Å². The first-order valence-corrected chi connectivity index (χ1v) is 9.77. The zero-order chi connectivity index (χ0) is 19.4. The number of nitrogens with one attached hydrogen (secondary N) is 2. The molecule has 27 heavy (non-hydrogen) atoms. The molecule has 0 aliphatic carbocycles. The highest BCUT2D eigenvalue weighted by molar-refractivity contribution is 7.88. The topological polar surface area (TPSA) is 84.0 Å². The van der Waals surface area contributed by atoms with Crippen molar-refractivity contribution >= 4 is 21.5 Å². The van der Waals surface area contributed by atoms with Crippen molar-refractivity contribution in [2.24, 2.45) is 0 Å². The number of aromatic nitrogens is 2. The Morgan fingerprint density at radius 1 is 1.04 bits per heavy atom. The summed E-state index contributed by atoms with van der Waals surface area (Å²) < 4.78 is 51.9. The maximum atomic E-state index is 14.0. The first-order valence-electron chi connectivity index (χ1n) is 7.88. The van der Waals surface area contributed by atoms with Crippen molar-refractivity contribution in [3.8, 4) is 11.3 Å². The number of sulfonamides is 1. The van der Waals surface area contributed by atoms with E-state index in [4.69, 9.17) is 0 Å². The van der Waals surface area contributed by atoms with Crippen LogP contribution < -0.4 is 10.0 Å². The molecule has 0 spiro atoms. The molecule has 0 unspecified atom stereocenters. The number of hydrogen-bond acceptors (Lipinski definition) is 5. The van der Waals surface area contributed by atoms with Gasteiger partial charge in [-0.3, -0.25) is 0 Å². The Balaban J connectivity index is 1.80. The lowest BCUT2D eigenvalue weighted by atomic mass is 10.1. The second kappa shape index (κ2) is 7.77. The summed E-state index contributed by atoms with van der Waals surface area (Å²) in [6, 6.07) is 11.9. The summed E-state index contributed by atoms with van der Waals surface area (Å²) in [5.74, 6) is -0.964. The molecule has 9 heteroatoms. The Bertz CT molecular complexity index is 1070. The first kappa shape index (κ1) is 18.9. The van der Waals surface area contributed by atoms with Crippen LogP contribution >= 0.6 is 0 Å². The lowest BCUT2D eigenvalue weighted by Gasteiger charge is -2.09. The van der Waals surface area contributed by atoms with E-state index < -0.39 is 21.7 Å². The molecule has 3 rings (SSSR count). The highest BCUT2D eigenvalue weighted by Gasteiger charge is 2.09. The van der Waals surface area contributed by atoms with Crippen molar-refractivity contribution in [1.82, 2.24) is 14.7 Å². The molecule has 0 aliphatic rings. The van der Waals surface area contributed by atoms with E-state index in [1.54, 1.807) is 24.3 Å². The van der Waals surface area contributed by atoms with Crippen molar-refractivity contribution in [3.05, 3.63) is 72.1 Å². The SMILES string of the molecule is CS(=O)(=O)NCc1cccc(Nc2cc(-c3ccc(F)cc3F)ncn2)c1. The number of anilines is 2. The fourth-order valence-electron chi connectivity index (χ4n) is 2.39. The average molecular weight is 390 g/mol. The molecular weight excluding hydrogens is 374 g/mol. The van der Waals surface area contributed by atoms with Gasteiger partial charge in [-0.2, -0.15) is 0 Å². The molecule has 140 valence electrons. The van der Waals surface area contributed by atoms with E-state index in [0.29, 0.717) is 17.2 Å². The van der Waals surface area contributed by atoms with Crippen LogP contribution in [-0.2, 0) is 16.6 Å². The van der Waals surface area contributed by atoms with Gasteiger partial charge < -0.3 is 5.32 Å². The molecule has 2 N–H and O–H groups in total. The highest BCUT2D eigenvalue weighted by atomic mass is 32.2. The molecule has 0 saturated carbocycles. The van der Waals surface area contributed by atoms with Crippen LogP contribution in [0.5, 0.6) is 0 Å². The third-order valence-electron chi connectivity index (χ3n) is 3.61. The quantitative estimate of drug-likeness (QED) is 0.675. The maximum Gasteiger partial charge on any atom is 0.209 e. The van der Waals surface area contributed by atoms with Crippen molar-refractivity contribution in [3.63, 3.8) is 0 Å². The summed E-state index contributed by atoms with van der Waals surface area (Å²) in [6.07, 6.45) is 2.36. The van der Waals surface area contributed by atoms with Crippen molar-refractivity contribution < 1.29 is 17.2 Å². The van der Waals surface area contributed by atoms with Crippen LogP contribution in [0.25, 0.3) is 11.3 Å². The zero-order valence-corrected chi connectivity index (χ0v) is 15.1. The lowest BCUT2D eigenvalue weighted by Crippen LogP contribution is -2.21. The van der Waals surface area contributed by atoms with Crippen molar-refractivity contribution in [1.29, 1.82) is 0 Å². The van der Waals surface area contributed by atoms with Gasteiger partial charge in [0.1, 0.15) is 23.8 Å². The molecule has 0 fully saturated rings. The molecule has 0 amide bonds. The Hall–Kier alpha value is -2.91. The number of nitrogens with zero attached hydrogens (tertiary/aromatic N) is 2. The number of hydrogen-bond donors (Lipinski definition) is 2. The molecule has 0 bridgehead atoms. The second-order valence-corrected chi connectivity index (χ2v) is 7.66. The van der Waals surface area contributed by atoms with E-state index in [1.165, 1.54) is 18.5 Å². The van der Waals surface area contributed by atoms with Gasteiger partial charge in [-0.15, -0.1) is 0 Å². The Kier molecular flexibility index (Phi) is 5.43. The molecule has 0 aliphatic heterocycles. The number of halogens is 2. The summed E-state index contributed by atoms with van der Waals surface area (Å²) in [4.78, 5) is 8.12. The van der Waals surface area contributed by atoms with Gasteiger partial charge in [0.15, 0.2) is 0 Å². The van der Waals surface area contributed by atoms with Crippen LogP contribution in [0, 0.1) is 11.6 Å². The van der Waals surface area contributed by atoms with Gasteiger partial charge in [0.05, 0.1) is 11.9 Å². The van der Waals surface area contributed by atoms with Gasteiger partial charge in [-0.25, -0.2) is 31.9 Å². The van der Waals surface area contributed by atoms with Gasteiger partial charge in [-0.1, -0.05) is 12.1 Å². The monoisotopic (exact) mass is 390 g/mol. The van der Waals surface area contributed by atoms with Gasteiger partial charge >= 0.3 is 0 Å². The van der Waals surface area contributed by atoms with E-state index in [1.807, 2.05) is 0 Å². The molecular formula is C18H16F2N4O2S. The largest absolute Gasteiger partial charge is 0.340 e. The smallest absolute Gasteiger partial charge is 0.209 e. The minimum absolute atomic E-state index is 0.157. The Labute approximate surface area is 155 Å². The maximum absolute atomic E-state index is 14.0. The minimum Gasteiger partial charge on any atom is -0.340 e. The van der Waals surface area contributed by atoms with Crippen LogP contribution in [0.15, 0.2) is 54.9 Å². The standard InChI is InChI=1S/C18H16F2N4O2S/c1-27(25,26)23-10-12-3-2-4-14(7-12)24-18-9-17(21-11-22-18)15-6-5-13(19)8-16(15)20/h2-9,11,23H,10H2,1H3,(H,21,22,24). The van der Waals surface area contributed by atoms with E-state index in [2.05, 4.69) is 20.0 Å². The zero-order valence-electron chi connectivity index (χ0n) is 14.3. The fraction of sp³-hybridized carbons (Fsp3) is 0.111. The van der Waals surface area contributed by atoms with Gasteiger partial charge in [-0.05, 0) is 29.8 Å². The molecule has 6 nitrogen and oxygen atoms in total. The summed E-state index contributed by atoms with van der Waals surface area (Å²) in [5.41, 5.74) is 1.89. The summed E-state index contributed by atoms with van der Waals surface area (Å²) >= 11 is 0. The molecule has 1 heterocycles. The first-order chi connectivity index (χ1) is 12.8. The molecule has 0 radical (unpaired) electrons. The average Bonchev–Trinajstić information content (AvgIpc) is 2.60. The summed E-state index contributed by atoms with van der Waals surface area (Å²) in [6.45, 7) is 0.157. The highest BCUT2D eigenvalue weighted by Crippen LogP contribution is 2.24.